The van der Waals surface area contributed by atoms with Crippen LogP contribution in [0.15, 0.2) is 12.1 Å². The fraction of sp³-hybridized carbons (Fsp3) is 0.714. The first kappa shape index (κ1) is 16.0. The molecule has 0 fully saturated rings. The first-order chi connectivity index (χ1) is 8.43. The van der Waals surface area contributed by atoms with Gasteiger partial charge in [-0.15, -0.1) is 11.3 Å². The molecule has 0 radical (unpaired) electrons. The average molecular weight is 289 g/mol. The van der Waals surface area contributed by atoms with Gasteiger partial charge in [0.2, 0.25) is 0 Å². The van der Waals surface area contributed by atoms with Crippen LogP contribution in [0.1, 0.15) is 38.0 Å². The van der Waals surface area contributed by atoms with Crippen molar-refractivity contribution in [2.45, 2.75) is 39.7 Å². The first-order valence-corrected chi connectivity index (χ1v) is 7.75. The van der Waals surface area contributed by atoms with Gasteiger partial charge in [-0.05, 0) is 50.5 Å². The van der Waals surface area contributed by atoms with E-state index in [0.717, 1.165) is 24.0 Å². The van der Waals surface area contributed by atoms with Gasteiger partial charge in [0.15, 0.2) is 0 Å². The summed E-state index contributed by atoms with van der Waals surface area (Å²) in [5.41, 5.74) is 6.02. The monoisotopic (exact) mass is 288 g/mol. The molecule has 0 aromatic carbocycles. The molecule has 0 amide bonds. The van der Waals surface area contributed by atoms with E-state index in [1.54, 1.807) is 11.3 Å². The Kier molecular flexibility index (Phi) is 6.64. The smallest absolute Gasteiger partial charge is 0.0931 e. The summed E-state index contributed by atoms with van der Waals surface area (Å²) in [6, 6.07) is 4.08. The Hall–Kier alpha value is -0.0900. The highest BCUT2D eigenvalue weighted by molar-refractivity contribution is 7.16. The second-order valence-corrected chi connectivity index (χ2v) is 7.57. The van der Waals surface area contributed by atoms with E-state index < -0.39 is 0 Å². The minimum atomic E-state index is 0.292. The number of hydrogen-bond acceptors (Lipinski definition) is 3. The van der Waals surface area contributed by atoms with E-state index in [1.807, 2.05) is 6.07 Å². The number of thiophene rings is 1. The zero-order valence-electron chi connectivity index (χ0n) is 11.7. The van der Waals surface area contributed by atoms with Gasteiger partial charge in [0.05, 0.1) is 4.34 Å². The molecule has 0 bridgehead atoms. The molecule has 0 saturated heterocycles. The number of unbranched alkanes of at least 4 members (excludes halogenated alkanes) is 1. The van der Waals surface area contributed by atoms with E-state index in [2.05, 4.69) is 31.9 Å². The lowest BCUT2D eigenvalue weighted by Crippen LogP contribution is -2.24. The second-order valence-electron chi connectivity index (χ2n) is 5.77. The van der Waals surface area contributed by atoms with Crippen LogP contribution in [0.4, 0.5) is 0 Å². The highest BCUT2D eigenvalue weighted by Crippen LogP contribution is 2.23. The van der Waals surface area contributed by atoms with Gasteiger partial charge in [0, 0.05) is 11.4 Å². The molecule has 4 heteroatoms. The zero-order valence-corrected chi connectivity index (χ0v) is 13.3. The Morgan fingerprint density at radius 1 is 1.33 bits per heavy atom. The van der Waals surface area contributed by atoms with Crippen LogP contribution in [0.25, 0.3) is 0 Å². The van der Waals surface area contributed by atoms with Crippen molar-refractivity contribution in [1.29, 1.82) is 0 Å². The number of nitrogens with two attached hydrogens (primary N) is 1. The zero-order chi connectivity index (χ0) is 13.6. The third-order valence-corrected chi connectivity index (χ3v) is 4.47. The van der Waals surface area contributed by atoms with Crippen molar-refractivity contribution in [3.8, 4) is 0 Å². The molecule has 2 N–H and O–H groups in total. The summed E-state index contributed by atoms with van der Waals surface area (Å²) in [5, 5.41) is 0. The second kappa shape index (κ2) is 7.49. The Bertz CT molecular complexity index is 349. The Morgan fingerprint density at radius 3 is 2.61 bits per heavy atom. The van der Waals surface area contributed by atoms with Gasteiger partial charge in [-0.3, -0.25) is 0 Å². The summed E-state index contributed by atoms with van der Waals surface area (Å²) in [6.07, 6.45) is 3.70. The van der Waals surface area contributed by atoms with E-state index in [4.69, 9.17) is 17.3 Å². The molecule has 0 saturated carbocycles. The Morgan fingerprint density at radius 2 is 2.06 bits per heavy atom. The van der Waals surface area contributed by atoms with Gasteiger partial charge in [-0.2, -0.15) is 0 Å². The minimum absolute atomic E-state index is 0.292. The van der Waals surface area contributed by atoms with Gasteiger partial charge < -0.3 is 10.6 Å². The molecule has 0 aliphatic carbocycles. The fourth-order valence-electron chi connectivity index (χ4n) is 1.87. The van der Waals surface area contributed by atoms with Crippen LogP contribution in [0.5, 0.6) is 0 Å². The molecule has 2 nitrogen and oxygen atoms in total. The van der Waals surface area contributed by atoms with Gasteiger partial charge in [0.25, 0.3) is 0 Å². The normalized spacial score (nSPS) is 12.3. The van der Waals surface area contributed by atoms with Crippen LogP contribution >= 0.6 is 22.9 Å². The van der Waals surface area contributed by atoms with E-state index in [-0.39, 0.29) is 0 Å². The van der Waals surface area contributed by atoms with Gasteiger partial charge in [0.1, 0.15) is 0 Å². The highest BCUT2D eigenvalue weighted by Gasteiger charge is 2.14. The molecule has 18 heavy (non-hydrogen) atoms. The van der Waals surface area contributed by atoms with Crippen LogP contribution in [0.2, 0.25) is 4.34 Å². The SMILES string of the molecule is CN(CCCCC(C)(C)CN)Cc1ccc(Cl)s1. The average Bonchev–Trinajstić information content (AvgIpc) is 2.70. The molecule has 0 aliphatic heterocycles. The maximum absolute atomic E-state index is 5.92. The van der Waals surface area contributed by atoms with Crippen LogP contribution in [-0.2, 0) is 6.54 Å². The van der Waals surface area contributed by atoms with Crippen LogP contribution in [0.3, 0.4) is 0 Å². The van der Waals surface area contributed by atoms with E-state index >= 15 is 0 Å². The summed E-state index contributed by atoms with van der Waals surface area (Å²) >= 11 is 7.60. The molecule has 1 rings (SSSR count). The largest absolute Gasteiger partial charge is 0.330 e. The standard InChI is InChI=1S/C14H25ClN2S/c1-14(2,11-16)8-4-5-9-17(3)10-12-6-7-13(15)18-12/h6-7H,4-5,8-11,16H2,1-3H3. The van der Waals surface area contributed by atoms with Crippen molar-refractivity contribution in [3.63, 3.8) is 0 Å². The predicted molar refractivity (Wildman–Crippen MR) is 82.3 cm³/mol. The Balaban J connectivity index is 2.16. The number of halogens is 1. The molecular weight excluding hydrogens is 264 g/mol. The van der Waals surface area contributed by atoms with Gasteiger partial charge in [-0.1, -0.05) is 31.9 Å². The van der Waals surface area contributed by atoms with Crippen molar-refractivity contribution in [1.82, 2.24) is 4.90 Å². The van der Waals surface area contributed by atoms with E-state index in [1.165, 1.54) is 24.1 Å². The first-order valence-electron chi connectivity index (χ1n) is 6.56. The van der Waals surface area contributed by atoms with Crippen molar-refractivity contribution >= 4 is 22.9 Å². The maximum Gasteiger partial charge on any atom is 0.0931 e. The van der Waals surface area contributed by atoms with Crippen LogP contribution in [0, 0.1) is 5.41 Å². The quantitative estimate of drug-likeness (QED) is 0.733. The maximum atomic E-state index is 5.92. The van der Waals surface area contributed by atoms with E-state index in [0.29, 0.717) is 5.41 Å². The summed E-state index contributed by atoms with van der Waals surface area (Å²) in [6.45, 7) is 7.39. The Labute approximate surface area is 120 Å². The molecular formula is C14H25ClN2S. The van der Waals surface area contributed by atoms with Crippen LogP contribution in [-0.4, -0.2) is 25.0 Å². The molecule has 1 aromatic rings. The van der Waals surface area contributed by atoms with Crippen LogP contribution < -0.4 is 5.73 Å². The highest BCUT2D eigenvalue weighted by atomic mass is 35.5. The minimum Gasteiger partial charge on any atom is -0.330 e. The van der Waals surface area contributed by atoms with Crippen molar-refractivity contribution in [3.05, 3.63) is 21.3 Å². The van der Waals surface area contributed by atoms with Gasteiger partial charge >= 0.3 is 0 Å². The number of nitrogens with zero attached hydrogens (tertiary/aromatic N) is 1. The van der Waals surface area contributed by atoms with Crippen molar-refractivity contribution < 1.29 is 0 Å². The molecule has 1 aromatic heterocycles. The third kappa shape index (κ3) is 6.19. The molecule has 0 spiro atoms. The topological polar surface area (TPSA) is 29.3 Å². The molecule has 0 unspecified atom stereocenters. The molecule has 0 aliphatic rings. The summed E-state index contributed by atoms with van der Waals surface area (Å²) in [7, 11) is 2.17. The molecule has 0 atom stereocenters. The summed E-state index contributed by atoms with van der Waals surface area (Å²) in [4.78, 5) is 3.70. The van der Waals surface area contributed by atoms with E-state index in [9.17, 15) is 0 Å². The lowest BCUT2D eigenvalue weighted by molar-refractivity contribution is 0.290. The molecule has 1 heterocycles. The lowest BCUT2D eigenvalue weighted by atomic mass is 9.87. The van der Waals surface area contributed by atoms with Crippen molar-refractivity contribution in [2.24, 2.45) is 11.1 Å². The van der Waals surface area contributed by atoms with Crippen molar-refractivity contribution in [2.75, 3.05) is 20.1 Å². The number of hydrogen-bond donors (Lipinski definition) is 1. The number of rotatable bonds is 8. The fourth-order valence-corrected chi connectivity index (χ4v) is 3.04. The third-order valence-electron chi connectivity index (χ3n) is 3.25. The summed E-state index contributed by atoms with van der Waals surface area (Å²) in [5.74, 6) is 0. The lowest BCUT2D eigenvalue weighted by Gasteiger charge is -2.23. The molecule has 104 valence electrons. The predicted octanol–water partition coefficient (Wildman–Crippen LogP) is 3.99. The van der Waals surface area contributed by atoms with Gasteiger partial charge in [-0.25, -0.2) is 0 Å². The summed E-state index contributed by atoms with van der Waals surface area (Å²) < 4.78 is 0.878.